The molecule has 3 rings (SSSR count). The molecule has 2 aromatic carbocycles. The Bertz CT molecular complexity index is 1460. The van der Waals surface area contributed by atoms with E-state index in [-0.39, 0.29) is 11.1 Å². The van der Waals surface area contributed by atoms with Gasteiger partial charge in [-0.25, -0.2) is 9.59 Å². The highest BCUT2D eigenvalue weighted by Crippen LogP contribution is 2.27. The van der Waals surface area contributed by atoms with E-state index in [1.807, 2.05) is 60.7 Å². The molecule has 0 radical (unpaired) electrons. The van der Waals surface area contributed by atoms with Crippen LogP contribution in [0.5, 0.6) is 0 Å². The minimum absolute atomic E-state index is 0.122. The van der Waals surface area contributed by atoms with Gasteiger partial charge in [0.1, 0.15) is 35.5 Å². The third kappa shape index (κ3) is 15.1. The molecular formula is C46H64N4O4. The normalized spacial score (nSPS) is 16.3. The lowest BCUT2D eigenvalue weighted by atomic mass is 9.94. The maximum atomic E-state index is 13.3. The summed E-state index contributed by atoms with van der Waals surface area (Å²) in [6.45, 7) is 21.7. The minimum Gasteiger partial charge on any atom is -0.454 e. The number of nitrogens with zero attached hydrogens (tertiary/aromatic N) is 4. The van der Waals surface area contributed by atoms with Gasteiger partial charge in [0.05, 0.1) is 0 Å². The Kier molecular flexibility index (Phi) is 18.4. The second-order valence-electron chi connectivity index (χ2n) is 16.4. The first-order valence-corrected chi connectivity index (χ1v) is 20.1. The van der Waals surface area contributed by atoms with Crippen molar-refractivity contribution in [1.29, 1.82) is 10.5 Å². The van der Waals surface area contributed by atoms with Gasteiger partial charge in [0.15, 0.2) is 0 Å². The van der Waals surface area contributed by atoms with Crippen LogP contribution in [0.3, 0.4) is 0 Å². The van der Waals surface area contributed by atoms with E-state index in [1.165, 1.54) is 12.2 Å². The van der Waals surface area contributed by atoms with Gasteiger partial charge in [0, 0.05) is 37.6 Å². The van der Waals surface area contributed by atoms with Gasteiger partial charge in [-0.2, -0.15) is 10.5 Å². The lowest BCUT2D eigenvalue weighted by Crippen LogP contribution is -2.38. The monoisotopic (exact) mass is 736 g/mol. The lowest BCUT2D eigenvalue weighted by Gasteiger charge is -2.30. The van der Waals surface area contributed by atoms with Crippen LogP contribution < -0.4 is 9.80 Å². The molecule has 2 atom stereocenters. The SMILES string of the molecule is CC(C)CCN(CCC(C)C)c1ccc(C=C(C#N)C(=O)OC2CCCCC2OC(=O)C(C#N)=Cc2ccc(N(CCC(C)C)CCC(C)C)cc2)cc1. The van der Waals surface area contributed by atoms with Crippen molar-refractivity contribution in [1.82, 2.24) is 0 Å². The van der Waals surface area contributed by atoms with E-state index in [4.69, 9.17) is 9.47 Å². The molecular weight excluding hydrogens is 673 g/mol. The summed E-state index contributed by atoms with van der Waals surface area (Å²) in [4.78, 5) is 31.4. The summed E-state index contributed by atoms with van der Waals surface area (Å²) < 4.78 is 11.6. The van der Waals surface area contributed by atoms with Crippen molar-refractivity contribution < 1.29 is 19.1 Å². The summed E-state index contributed by atoms with van der Waals surface area (Å²) in [5.74, 6) is 0.915. The number of anilines is 2. The predicted octanol–water partition coefficient (Wildman–Crippen LogP) is 10.4. The standard InChI is InChI=1S/C46H64N4O4/c1-33(2)21-25-49(26-22-34(3)4)41-17-13-37(14-18-41)29-39(31-47)45(51)53-43-11-9-10-12-44(43)54-46(52)40(32-48)30-38-15-19-42(20-16-38)50(27-23-35(5)6)28-24-36(7)8/h13-20,29-30,33-36,43-44H,9-12,21-28H2,1-8H3. The van der Waals surface area contributed by atoms with E-state index in [1.54, 1.807) is 0 Å². The molecule has 0 bridgehead atoms. The van der Waals surface area contributed by atoms with Gasteiger partial charge in [-0.1, -0.05) is 79.7 Å². The topological polar surface area (TPSA) is 107 Å². The summed E-state index contributed by atoms with van der Waals surface area (Å²) in [5.41, 5.74) is 3.44. The molecule has 2 unspecified atom stereocenters. The van der Waals surface area contributed by atoms with Gasteiger partial charge in [-0.15, -0.1) is 0 Å². The molecule has 0 N–H and O–H groups in total. The van der Waals surface area contributed by atoms with Crippen LogP contribution in [0.25, 0.3) is 12.2 Å². The average Bonchev–Trinajstić information content (AvgIpc) is 3.13. The second-order valence-corrected chi connectivity index (χ2v) is 16.4. The number of hydrogen-bond acceptors (Lipinski definition) is 8. The van der Waals surface area contributed by atoms with Crippen LogP contribution in [-0.2, 0) is 19.1 Å². The number of carbonyl (C=O) groups is 2. The fourth-order valence-corrected chi connectivity index (χ4v) is 6.30. The smallest absolute Gasteiger partial charge is 0.349 e. The molecule has 0 amide bonds. The van der Waals surface area contributed by atoms with E-state index in [0.29, 0.717) is 36.5 Å². The van der Waals surface area contributed by atoms with Crippen molar-refractivity contribution in [2.75, 3.05) is 36.0 Å². The number of hydrogen-bond donors (Lipinski definition) is 0. The van der Waals surface area contributed by atoms with Crippen molar-refractivity contribution in [2.45, 2.75) is 119 Å². The van der Waals surface area contributed by atoms with Gasteiger partial charge in [0.25, 0.3) is 0 Å². The van der Waals surface area contributed by atoms with Crippen LogP contribution in [0, 0.1) is 46.3 Å². The molecule has 1 aliphatic carbocycles. The fourth-order valence-electron chi connectivity index (χ4n) is 6.30. The van der Waals surface area contributed by atoms with Crippen LogP contribution in [-0.4, -0.2) is 50.3 Å². The molecule has 54 heavy (non-hydrogen) atoms. The zero-order valence-electron chi connectivity index (χ0n) is 34.1. The summed E-state index contributed by atoms with van der Waals surface area (Å²) in [6, 6.07) is 19.8. The largest absolute Gasteiger partial charge is 0.454 e. The zero-order chi connectivity index (χ0) is 39.6. The molecule has 292 valence electrons. The quantitative estimate of drug-likeness (QED) is 0.0751. The first-order chi connectivity index (χ1) is 25.8. The minimum atomic E-state index is -0.753. The summed E-state index contributed by atoms with van der Waals surface area (Å²) in [6.07, 6.45) is 8.62. The molecule has 1 aliphatic rings. The van der Waals surface area contributed by atoms with E-state index >= 15 is 0 Å². The average molecular weight is 737 g/mol. The van der Waals surface area contributed by atoms with Gasteiger partial charge in [0.2, 0.25) is 0 Å². The first-order valence-electron chi connectivity index (χ1n) is 20.1. The highest BCUT2D eigenvalue weighted by molar-refractivity contribution is 5.99. The molecule has 0 aliphatic heterocycles. The molecule has 0 saturated heterocycles. The van der Waals surface area contributed by atoms with E-state index in [9.17, 15) is 20.1 Å². The van der Waals surface area contributed by atoms with Gasteiger partial charge in [-0.3, -0.25) is 0 Å². The Labute approximate surface area is 325 Å². The van der Waals surface area contributed by atoms with Crippen LogP contribution >= 0.6 is 0 Å². The Balaban J connectivity index is 1.68. The molecule has 0 aromatic heterocycles. The predicted molar refractivity (Wildman–Crippen MR) is 221 cm³/mol. The number of nitriles is 2. The van der Waals surface area contributed by atoms with Crippen LogP contribution in [0.1, 0.15) is 118 Å². The second kappa shape index (κ2) is 22.6. The maximum absolute atomic E-state index is 13.3. The molecule has 0 spiro atoms. The van der Waals surface area contributed by atoms with Crippen molar-refractivity contribution in [3.63, 3.8) is 0 Å². The molecule has 8 heteroatoms. The van der Waals surface area contributed by atoms with Crippen LogP contribution in [0.15, 0.2) is 59.7 Å². The van der Waals surface area contributed by atoms with E-state index in [0.717, 1.165) is 87.2 Å². The highest BCUT2D eigenvalue weighted by Gasteiger charge is 2.33. The highest BCUT2D eigenvalue weighted by atomic mass is 16.6. The summed E-state index contributed by atoms with van der Waals surface area (Å²) in [7, 11) is 0. The van der Waals surface area contributed by atoms with Crippen LogP contribution in [0.4, 0.5) is 11.4 Å². The number of benzene rings is 2. The van der Waals surface area contributed by atoms with Crippen LogP contribution in [0.2, 0.25) is 0 Å². The summed E-state index contributed by atoms with van der Waals surface area (Å²) in [5, 5.41) is 19.8. The lowest BCUT2D eigenvalue weighted by molar-refractivity contribution is -0.165. The van der Waals surface area contributed by atoms with Crippen molar-refractivity contribution in [2.24, 2.45) is 23.7 Å². The number of rotatable bonds is 20. The molecule has 2 aromatic rings. The molecule has 0 heterocycles. The van der Waals surface area contributed by atoms with Gasteiger partial charge < -0.3 is 19.3 Å². The molecule has 1 saturated carbocycles. The Morgan fingerprint density at radius 1 is 0.593 bits per heavy atom. The molecule has 1 fully saturated rings. The van der Waals surface area contributed by atoms with Gasteiger partial charge >= 0.3 is 11.9 Å². The summed E-state index contributed by atoms with van der Waals surface area (Å²) >= 11 is 0. The number of carbonyl (C=O) groups excluding carboxylic acids is 2. The van der Waals surface area contributed by atoms with E-state index < -0.39 is 24.1 Å². The Morgan fingerprint density at radius 3 is 1.15 bits per heavy atom. The number of esters is 2. The Morgan fingerprint density at radius 2 is 0.889 bits per heavy atom. The third-order valence-corrected chi connectivity index (χ3v) is 9.88. The Hall–Kier alpha value is -4.56. The maximum Gasteiger partial charge on any atom is 0.349 e. The van der Waals surface area contributed by atoms with Crippen molar-refractivity contribution in [3.8, 4) is 12.1 Å². The number of ether oxygens (including phenoxy) is 2. The first kappa shape index (κ1) is 43.8. The fraction of sp³-hybridized carbons (Fsp3) is 0.565. The molecule has 8 nitrogen and oxygen atoms in total. The third-order valence-electron chi connectivity index (χ3n) is 9.88. The van der Waals surface area contributed by atoms with Crippen molar-refractivity contribution >= 4 is 35.5 Å². The van der Waals surface area contributed by atoms with Crippen molar-refractivity contribution in [3.05, 3.63) is 70.8 Å². The van der Waals surface area contributed by atoms with E-state index in [2.05, 4.69) is 65.2 Å². The van der Waals surface area contributed by atoms with Gasteiger partial charge in [-0.05, 0) is 123 Å². The zero-order valence-corrected chi connectivity index (χ0v) is 34.1.